The molecular weight excluding hydrogens is 265 g/mol. The molecule has 0 aromatic heterocycles. The van der Waals surface area contributed by atoms with Gasteiger partial charge in [-0.2, -0.15) is 0 Å². The van der Waals surface area contributed by atoms with Crippen LogP contribution in [0.25, 0.3) is 0 Å². The largest absolute Gasteiger partial charge is 0.392 e. The predicted molar refractivity (Wildman–Crippen MR) is 78.0 cm³/mol. The van der Waals surface area contributed by atoms with Gasteiger partial charge in [-0.25, -0.2) is 4.39 Å². The molecule has 1 rings (SSSR count). The third-order valence-corrected chi connectivity index (χ3v) is 3.77. The van der Waals surface area contributed by atoms with Gasteiger partial charge in [-0.1, -0.05) is 50.3 Å². The molecule has 1 aromatic rings. The van der Waals surface area contributed by atoms with Crippen molar-refractivity contribution in [2.75, 3.05) is 6.54 Å². The maximum absolute atomic E-state index is 13.8. The molecule has 0 radical (unpaired) electrons. The van der Waals surface area contributed by atoms with Gasteiger partial charge in [0.2, 0.25) is 0 Å². The van der Waals surface area contributed by atoms with E-state index in [0.29, 0.717) is 17.0 Å². The number of nitrogens with two attached hydrogens (primary N) is 1. The van der Waals surface area contributed by atoms with Gasteiger partial charge in [-0.15, -0.1) is 0 Å². The summed E-state index contributed by atoms with van der Waals surface area (Å²) in [5, 5.41) is 10.5. The summed E-state index contributed by atoms with van der Waals surface area (Å²) in [6, 6.07) is 4.54. The van der Waals surface area contributed by atoms with Crippen LogP contribution >= 0.6 is 11.6 Å². The monoisotopic (exact) mass is 287 g/mol. The summed E-state index contributed by atoms with van der Waals surface area (Å²) in [4.78, 5) is 0. The number of aliphatic hydroxyl groups excluding tert-OH is 1. The number of aliphatic hydroxyl groups is 1. The summed E-state index contributed by atoms with van der Waals surface area (Å²) >= 11 is 6.02. The van der Waals surface area contributed by atoms with Crippen molar-refractivity contribution in [2.24, 2.45) is 5.73 Å². The minimum Gasteiger partial charge on any atom is -0.392 e. The second-order valence-electron chi connectivity index (χ2n) is 4.89. The van der Waals surface area contributed by atoms with Crippen LogP contribution in [0.15, 0.2) is 18.2 Å². The van der Waals surface area contributed by atoms with Gasteiger partial charge in [-0.05, 0) is 18.6 Å². The van der Waals surface area contributed by atoms with E-state index in [1.165, 1.54) is 6.07 Å². The first kappa shape index (κ1) is 16.4. The molecule has 2 unspecified atom stereocenters. The summed E-state index contributed by atoms with van der Waals surface area (Å²) in [5.74, 6) is -0.828. The number of halogens is 2. The van der Waals surface area contributed by atoms with Gasteiger partial charge in [0.1, 0.15) is 5.82 Å². The molecule has 4 heteroatoms. The summed E-state index contributed by atoms with van der Waals surface area (Å²) in [6.07, 6.45) is 4.30. The Kier molecular flexibility index (Phi) is 7.36. The van der Waals surface area contributed by atoms with Gasteiger partial charge in [0.25, 0.3) is 0 Å². The van der Waals surface area contributed by atoms with Gasteiger partial charge in [0.15, 0.2) is 0 Å². The number of hydrogen-bond acceptors (Lipinski definition) is 2. The van der Waals surface area contributed by atoms with Crippen molar-refractivity contribution in [3.63, 3.8) is 0 Å². The minimum absolute atomic E-state index is 0.190. The predicted octanol–water partition coefficient (Wildman–Crippen LogP) is 3.85. The Labute approximate surface area is 119 Å². The van der Waals surface area contributed by atoms with Crippen molar-refractivity contribution in [3.8, 4) is 0 Å². The van der Waals surface area contributed by atoms with Gasteiger partial charge in [0.05, 0.1) is 6.10 Å². The third-order valence-electron chi connectivity index (χ3n) is 3.44. The summed E-state index contributed by atoms with van der Waals surface area (Å²) in [6.45, 7) is 2.33. The lowest BCUT2D eigenvalue weighted by molar-refractivity contribution is 0.131. The zero-order valence-corrected chi connectivity index (χ0v) is 12.2. The molecule has 0 bridgehead atoms. The van der Waals surface area contributed by atoms with Gasteiger partial charge in [0, 0.05) is 23.0 Å². The highest BCUT2D eigenvalue weighted by molar-refractivity contribution is 6.31. The Morgan fingerprint density at radius 3 is 2.63 bits per heavy atom. The van der Waals surface area contributed by atoms with Crippen molar-refractivity contribution < 1.29 is 9.50 Å². The molecule has 19 heavy (non-hydrogen) atoms. The zero-order valence-electron chi connectivity index (χ0n) is 11.4. The highest BCUT2D eigenvalue weighted by Gasteiger charge is 2.24. The zero-order chi connectivity index (χ0) is 14.3. The molecule has 0 amide bonds. The lowest BCUT2D eigenvalue weighted by Crippen LogP contribution is -2.27. The molecule has 0 heterocycles. The second kappa shape index (κ2) is 8.51. The Morgan fingerprint density at radius 2 is 2.05 bits per heavy atom. The molecule has 0 fully saturated rings. The van der Waals surface area contributed by atoms with E-state index >= 15 is 0 Å². The van der Waals surface area contributed by atoms with Crippen molar-refractivity contribution in [1.29, 1.82) is 0 Å². The van der Waals surface area contributed by atoms with E-state index in [2.05, 4.69) is 6.92 Å². The van der Waals surface area contributed by atoms with Crippen LogP contribution in [0.1, 0.15) is 50.5 Å². The van der Waals surface area contributed by atoms with Crippen LogP contribution in [0.2, 0.25) is 5.02 Å². The lowest BCUT2D eigenvalue weighted by atomic mass is 9.90. The fourth-order valence-electron chi connectivity index (χ4n) is 2.31. The molecule has 1 aromatic carbocycles. The maximum atomic E-state index is 13.8. The topological polar surface area (TPSA) is 46.2 Å². The Morgan fingerprint density at radius 1 is 1.32 bits per heavy atom. The molecule has 2 nitrogen and oxygen atoms in total. The molecular formula is C15H23ClFNO. The van der Waals surface area contributed by atoms with Gasteiger partial charge in [-0.3, -0.25) is 0 Å². The molecule has 0 spiro atoms. The first-order chi connectivity index (χ1) is 9.11. The molecule has 3 N–H and O–H groups in total. The van der Waals surface area contributed by atoms with Crippen LogP contribution in [-0.2, 0) is 0 Å². The first-order valence-corrected chi connectivity index (χ1v) is 7.31. The van der Waals surface area contributed by atoms with Crippen LogP contribution in [0.3, 0.4) is 0 Å². The number of unbranched alkanes of at least 4 members (excludes halogenated alkanes) is 3. The van der Waals surface area contributed by atoms with Crippen molar-refractivity contribution in [1.82, 2.24) is 0 Å². The van der Waals surface area contributed by atoms with Crippen molar-refractivity contribution in [3.05, 3.63) is 34.6 Å². The van der Waals surface area contributed by atoms with Crippen LogP contribution in [0, 0.1) is 5.82 Å². The lowest BCUT2D eigenvalue weighted by Gasteiger charge is -2.23. The summed E-state index contributed by atoms with van der Waals surface area (Å²) in [5.41, 5.74) is 6.03. The van der Waals surface area contributed by atoms with Gasteiger partial charge >= 0.3 is 0 Å². The highest BCUT2D eigenvalue weighted by Crippen LogP contribution is 2.30. The SMILES string of the molecule is CCCCCCC(O)C(CN)c1c(F)cccc1Cl. The molecule has 0 saturated heterocycles. The van der Waals surface area contributed by atoms with Crippen LogP contribution in [-0.4, -0.2) is 17.8 Å². The van der Waals surface area contributed by atoms with E-state index in [1.807, 2.05) is 0 Å². The van der Waals surface area contributed by atoms with Crippen LogP contribution < -0.4 is 5.73 Å². The summed E-state index contributed by atoms with van der Waals surface area (Å²) in [7, 11) is 0. The first-order valence-electron chi connectivity index (χ1n) is 6.93. The fraction of sp³-hybridized carbons (Fsp3) is 0.600. The average Bonchev–Trinajstić information content (AvgIpc) is 2.39. The number of benzene rings is 1. The Hall–Kier alpha value is -0.640. The van der Waals surface area contributed by atoms with Crippen LogP contribution in [0.4, 0.5) is 4.39 Å². The molecule has 2 atom stereocenters. The standard InChI is InChI=1S/C15H23ClFNO/c1-2-3-4-5-9-14(19)11(10-18)15-12(16)7-6-8-13(15)17/h6-8,11,14,19H,2-5,9-10,18H2,1H3. The molecule has 0 aliphatic carbocycles. The average molecular weight is 288 g/mol. The summed E-state index contributed by atoms with van der Waals surface area (Å²) < 4.78 is 13.8. The van der Waals surface area contributed by atoms with E-state index in [0.717, 1.165) is 25.7 Å². The smallest absolute Gasteiger partial charge is 0.128 e. The number of hydrogen-bond donors (Lipinski definition) is 2. The second-order valence-corrected chi connectivity index (χ2v) is 5.30. The molecule has 0 aliphatic rings. The maximum Gasteiger partial charge on any atom is 0.128 e. The van der Waals surface area contributed by atoms with Gasteiger partial charge < -0.3 is 10.8 Å². The van der Waals surface area contributed by atoms with E-state index in [4.69, 9.17) is 17.3 Å². The normalized spacial score (nSPS) is 14.4. The molecule has 0 saturated carbocycles. The minimum atomic E-state index is -0.642. The Bertz CT molecular complexity index is 366. The molecule has 0 aliphatic heterocycles. The highest BCUT2D eigenvalue weighted by atomic mass is 35.5. The third kappa shape index (κ3) is 4.75. The van der Waals surface area contributed by atoms with E-state index in [-0.39, 0.29) is 6.54 Å². The van der Waals surface area contributed by atoms with Crippen molar-refractivity contribution in [2.45, 2.75) is 51.0 Å². The Balaban J connectivity index is 2.71. The van der Waals surface area contributed by atoms with E-state index < -0.39 is 17.8 Å². The fourth-order valence-corrected chi connectivity index (χ4v) is 2.62. The molecule has 108 valence electrons. The quantitative estimate of drug-likeness (QED) is 0.713. The van der Waals surface area contributed by atoms with Crippen molar-refractivity contribution >= 4 is 11.6 Å². The number of rotatable bonds is 8. The van der Waals surface area contributed by atoms with E-state index in [9.17, 15) is 9.50 Å². The van der Waals surface area contributed by atoms with Crippen LogP contribution in [0.5, 0.6) is 0 Å². The van der Waals surface area contributed by atoms with E-state index in [1.54, 1.807) is 12.1 Å².